The van der Waals surface area contributed by atoms with Crippen LogP contribution in [0, 0.1) is 0 Å². The highest BCUT2D eigenvalue weighted by molar-refractivity contribution is 9.10. The topological polar surface area (TPSA) is 58.6 Å². The summed E-state index contributed by atoms with van der Waals surface area (Å²) in [6.07, 6.45) is 0. The Bertz CT molecular complexity index is 582. The van der Waals surface area contributed by atoms with Gasteiger partial charge in [-0.25, -0.2) is 0 Å². The number of hydrogen-bond donors (Lipinski definition) is 2. The molecular weight excluding hydrogens is 304 g/mol. The molecule has 98 valence electrons. The van der Waals surface area contributed by atoms with Gasteiger partial charge in [0.2, 0.25) is 0 Å². The first kappa shape index (κ1) is 13.8. The minimum Gasteiger partial charge on any atom is -0.398 e. The Balaban J connectivity index is 2.52. The summed E-state index contributed by atoms with van der Waals surface area (Å²) in [5.74, 6) is 0. The summed E-state index contributed by atoms with van der Waals surface area (Å²) < 4.78 is 0.948. The van der Waals surface area contributed by atoms with E-state index in [9.17, 15) is 0 Å². The Morgan fingerprint density at radius 2 is 1.89 bits per heavy atom. The highest BCUT2D eigenvalue weighted by atomic mass is 79.9. The number of halogens is 1. The van der Waals surface area contributed by atoms with Crippen LogP contribution in [-0.4, -0.2) is 24.0 Å². The van der Waals surface area contributed by atoms with E-state index in [-0.39, 0.29) is 6.61 Å². The molecule has 19 heavy (non-hydrogen) atoms. The Morgan fingerprint density at radius 3 is 2.58 bits per heavy atom. The SMILES string of the molecule is Nc1ccc(Br)cc1C(=NCCO)c1ccccc1. The molecule has 0 bridgehead atoms. The van der Waals surface area contributed by atoms with Gasteiger partial charge in [0.15, 0.2) is 0 Å². The van der Waals surface area contributed by atoms with Crippen molar-refractivity contribution < 1.29 is 5.11 Å². The molecule has 0 aliphatic carbocycles. The van der Waals surface area contributed by atoms with Crippen LogP contribution in [0.2, 0.25) is 0 Å². The average molecular weight is 319 g/mol. The van der Waals surface area contributed by atoms with E-state index in [1.165, 1.54) is 0 Å². The average Bonchev–Trinajstić information content (AvgIpc) is 2.44. The van der Waals surface area contributed by atoms with Crippen molar-refractivity contribution in [1.29, 1.82) is 0 Å². The fourth-order valence-corrected chi connectivity index (χ4v) is 2.18. The van der Waals surface area contributed by atoms with Crippen LogP contribution in [0.5, 0.6) is 0 Å². The van der Waals surface area contributed by atoms with Crippen molar-refractivity contribution in [2.75, 3.05) is 18.9 Å². The summed E-state index contributed by atoms with van der Waals surface area (Å²) in [4.78, 5) is 4.45. The Kier molecular flexibility index (Phi) is 4.71. The van der Waals surface area contributed by atoms with Gasteiger partial charge in [-0.1, -0.05) is 46.3 Å². The molecule has 0 aromatic heterocycles. The second-order valence-corrected chi connectivity index (χ2v) is 4.97. The number of hydrogen-bond acceptors (Lipinski definition) is 3. The number of aliphatic imine (C=N–C) groups is 1. The highest BCUT2D eigenvalue weighted by Crippen LogP contribution is 2.22. The second kappa shape index (κ2) is 6.50. The van der Waals surface area contributed by atoms with Gasteiger partial charge in [-0.2, -0.15) is 0 Å². The predicted molar refractivity (Wildman–Crippen MR) is 82.6 cm³/mol. The van der Waals surface area contributed by atoms with Crippen molar-refractivity contribution in [2.45, 2.75) is 0 Å². The van der Waals surface area contributed by atoms with Crippen LogP contribution in [-0.2, 0) is 0 Å². The van der Waals surface area contributed by atoms with Gasteiger partial charge in [0, 0.05) is 21.3 Å². The molecule has 2 aromatic rings. The van der Waals surface area contributed by atoms with E-state index in [1.807, 2.05) is 48.5 Å². The summed E-state index contributed by atoms with van der Waals surface area (Å²) in [5.41, 5.74) is 9.36. The highest BCUT2D eigenvalue weighted by Gasteiger charge is 2.10. The molecule has 0 fully saturated rings. The molecule has 0 aliphatic heterocycles. The van der Waals surface area contributed by atoms with Crippen LogP contribution < -0.4 is 5.73 Å². The van der Waals surface area contributed by atoms with Crippen molar-refractivity contribution in [3.63, 3.8) is 0 Å². The van der Waals surface area contributed by atoms with E-state index in [4.69, 9.17) is 10.8 Å². The number of nitrogens with two attached hydrogens (primary N) is 1. The van der Waals surface area contributed by atoms with Gasteiger partial charge in [-0.3, -0.25) is 4.99 Å². The molecule has 3 N–H and O–H groups in total. The zero-order valence-electron chi connectivity index (χ0n) is 10.4. The number of nitrogen functional groups attached to an aromatic ring is 1. The third kappa shape index (κ3) is 3.43. The van der Waals surface area contributed by atoms with E-state index in [1.54, 1.807) is 0 Å². The smallest absolute Gasteiger partial charge is 0.0741 e. The largest absolute Gasteiger partial charge is 0.398 e. The van der Waals surface area contributed by atoms with Gasteiger partial charge in [-0.15, -0.1) is 0 Å². The van der Waals surface area contributed by atoms with Crippen LogP contribution in [0.15, 0.2) is 58.0 Å². The van der Waals surface area contributed by atoms with Crippen LogP contribution in [0.4, 0.5) is 5.69 Å². The molecule has 0 atom stereocenters. The third-order valence-electron chi connectivity index (χ3n) is 2.69. The van der Waals surface area contributed by atoms with Crippen molar-refractivity contribution in [3.8, 4) is 0 Å². The lowest BCUT2D eigenvalue weighted by molar-refractivity contribution is 0.307. The van der Waals surface area contributed by atoms with Crippen molar-refractivity contribution in [3.05, 3.63) is 64.1 Å². The number of nitrogens with zero attached hydrogens (tertiary/aromatic N) is 1. The fraction of sp³-hybridized carbons (Fsp3) is 0.133. The number of aliphatic hydroxyl groups is 1. The first-order valence-electron chi connectivity index (χ1n) is 5.98. The standard InChI is InChI=1S/C15H15BrN2O/c16-12-6-7-14(17)13(10-12)15(18-8-9-19)11-4-2-1-3-5-11/h1-7,10,19H,8-9,17H2. The number of rotatable bonds is 4. The van der Waals surface area contributed by atoms with E-state index in [2.05, 4.69) is 20.9 Å². The van der Waals surface area contributed by atoms with Crippen LogP contribution in [0.25, 0.3) is 0 Å². The minimum absolute atomic E-state index is 0.0181. The molecule has 0 heterocycles. The summed E-state index contributed by atoms with van der Waals surface area (Å²) in [6.45, 7) is 0.375. The zero-order valence-corrected chi connectivity index (χ0v) is 12.0. The quantitative estimate of drug-likeness (QED) is 0.672. The van der Waals surface area contributed by atoms with Gasteiger partial charge in [0.1, 0.15) is 0 Å². The molecule has 0 amide bonds. The van der Waals surface area contributed by atoms with Gasteiger partial charge < -0.3 is 10.8 Å². The van der Waals surface area contributed by atoms with Crippen LogP contribution >= 0.6 is 15.9 Å². The lowest BCUT2D eigenvalue weighted by Gasteiger charge is -2.10. The molecule has 0 radical (unpaired) electrons. The number of anilines is 1. The lowest BCUT2D eigenvalue weighted by atomic mass is 10.0. The molecule has 0 unspecified atom stereocenters. The Labute approximate surface area is 120 Å². The van der Waals surface area contributed by atoms with Crippen LogP contribution in [0.3, 0.4) is 0 Å². The van der Waals surface area contributed by atoms with E-state index >= 15 is 0 Å². The molecule has 0 saturated carbocycles. The molecule has 0 aliphatic rings. The maximum Gasteiger partial charge on any atom is 0.0741 e. The fourth-order valence-electron chi connectivity index (χ4n) is 1.82. The lowest BCUT2D eigenvalue weighted by Crippen LogP contribution is -2.08. The zero-order chi connectivity index (χ0) is 13.7. The summed E-state index contributed by atoms with van der Waals surface area (Å²) in [6, 6.07) is 15.5. The van der Waals surface area contributed by atoms with Crippen molar-refractivity contribution in [2.24, 2.45) is 4.99 Å². The molecule has 4 heteroatoms. The molecule has 3 nitrogen and oxygen atoms in total. The normalized spacial score (nSPS) is 11.6. The summed E-state index contributed by atoms with van der Waals surface area (Å²) >= 11 is 3.45. The molecule has 2 rings (SSSR count). The molecule has 2 aromatic carbocycles. The number of aliphatic hydroxyl groups excluding tert-OH is 1. The molecular formula is C15H15BrN2O. The minimum atomic E-state index is 0.0181. The molecule has 0 spiro atoms. The number of benzene rings is 2. The Morgan fingerprint density at radius 1 is 1.16 bits per heavy atom. The summed E-state index contributed by atoms with van der Waals surface area (Å²) in [7, 11) is 0. The monoisotopic (exact) mass is 318 g/mol. The maximum absolute atomic E-state index is 8.99. The van der Waals surface area contributed by atoms with Gasteiger partial charge >= 0.3 is 0 Å². The van der Waals surface area contributed by atoms with Gasteiger partial charge in [-0.05, 0) is 18.2 Å². The first-order valence-corrected chi connectivity index (χ1v) is 6.78. The first-order chi connectivity index (χ1) is 9.22. The van der Waals surface area contributed by atoms with Crippen molar-refractivity contribution >= 4 is 27.3 Å². The Hall–Kier alpha value is -1.65. The van der Waals surface area contributed by atoms with Crippen molar-refractivity contribution in [1.82, 2.24) is 0 Å². The molecule has 0 saturated heterocycles. The van der Waals surface area contributed by atoms with Crippen LogP contribution in [0.1, 0.15) is 11.1 Å². The third-order valence-corrected chi connectivity index (χ3v) is 3.18. The van der Waals surface area contributed by atoms with Gasteiger partial charge in [0.05, 0.1) is 18.9 Å². The van der Waals surface area contributed by atoms with E-state index < -0.39 is 0 Å². The second-order valence-electron chi connectivity index (χ2n) is 4.05. The van der Waals surface area contributed by atoms with E-state index in [0.29, 0.717) is 12.2 Å². The predicted octanol–water partition coefficient (Wildman–Crippen LogP) is 2.86. The van der Waals surface area contributed by atoms with E-state index in [0.717, 1.165) is 21.3 Å². The maximum atomic E-state index is 8.99. The summed E-state index contributed by atoms with van der Waals surface area (Å²) in [5, 5.41) is 8.99. The van der Waals surface area contributed by atoms with Gasteiger partial charge in [0.25, 0.3) is 0 Å².